The standard InChI is InChI=1S/C22H33N3O2/c1-15-18(13-19(26)23-14-22(5,6)25(7)8)24-20(27-15)16-9-11-17(12-10-16)21(2,3)4/h9-12H,13-14H2,1-8H3,(H,23,26). The van der Waals surface area contributed by atoms with Crippen molar-refractivity contribution in [1.82, 2.24) is 15.2 Å². The Morgan fingerprint density at radius 1 is 1.11 bits per heavy atom. The summed E-state index contributed by atoms with van der Waals surface area (Å²) in [5.41, 5.74) is 2.87. The van der Waals surface area contributed by atoms with Crippen LogP contribution in [0.5, 0.6) is 0 Å². The van der Waals surface area contributed by atoms with Crippen LogP contribution >= 0.6 is 0 Å². The summed E-state index contributed by atoms with van der Waals surface area (Å²) >= 11 is 0. The molecule has 0 aliphatic rings. The first-order valence-corrected chi connectivity index (χ1v) is 9.41. The highest BCUT2D eigenvalue weighted by Crippen LogP contribution is 2.27. The van der Waals surface area contributed by atoms with Gasteiger partial charge < -0.3 is 14.6 Å². The summed E-state index contributed by atoms with van der Waals surface area (Å²) in [7, 11) is 4.01. The third-order valence-electron chi connectivity index (χ3n) is 5.15. The fourth-order valence-electron chi connectivity index (χ4n) is 2.52. The van der Waals surface area contributed by atoms with Crippen molar-refractivity contribution in [2.24, 2.45) is 0 Å². The molecule has 0 bridgehead atoms. The van der Waals surface area contributed by atoms with Crippen molar-refractivity contribution < 1.29 is 9.21 Å². The Bertz CT molecular complexity index is 781. The van der Waals surface area contributed by atoms with Crippen LogP contribution in [0.4, 0.5) is 0 Å². The fourth-order valence-corrected chi connectivity index (χ4v) is 2.52. The molecule has 1 aromatic carbocycles. The number of aryl methyl sites for hydroxylation is 1. The lowest BCUT2D eigenvalue weighted by Crippen LogP contribution is -2.48. The van der Waals surface area contributed by atoms with Crippen molar-refractivity contribution in [3.8, 4) is 11.5 Å². The number of carbonyl (C=O) groups is 1. The maximum absolute atomic E-state index is 12.3. The molecule has 1 aromatic heterocycles. The highest BCUT2D eigenvalue weighted by Gasteiger charge is 2.22. The molecule has 5 heteroatoms. The molecule has 0 saturated heterocycles. The van der Waals surface area contributed by atoms with Gasteiger partial charge in [0.1, 0.15) is 5.76 Å². The molecular formula is C22H33N3O2. The zero-order valence-electron chi connectivity index (χ0n) is 17.9. The maximum atomic E-state index is 12.3. The Kier molecular flexibility index (Phi) is 6.15. The second-order valence-corrected chi connectivity index (χ2v) is 9.01. The minimum atomic E-state index is -0.103. The first-order chi connectivity index (χ1) is 12.4. The highest BCUT2D eigenvalue weighted by atomic mass is 16.4. The molecule has 0 atom stereocenters. The monoisotopic (exact) mass is 371 g/mol. The minimum absolute atomic E-state index is 0.0454. The van der Waals surface area contributed by atoms with Gasteiger partial charge in [0.25, 0.3) is 0 Å². The van der Waals surface area contributed by atoms with Gasteiger partial charge in [-0.05, 0) is 58.0 Å². The van der Waals surface area contributed by atoms with Gasteiger partial charge >= 0.3 is 0 Å². The van der Waals surface area contributed by atoms with Crippen molar-refractivity contribution in [2.45, 2.75) is 58.9 Å². The number of nitrogens with one attached hydrogen (secondary N) is 1. The van der Waals surface area contributed by atoms with Gasteiger partial charge in [0.05, 0.1) is 12.1 Å². The SMILES string of the molecule is Cc1oc(-c2ccc(C(C)(C)C)cc2)nc1CC(=O)NCC(C)(C)N(C)C. The molecule has 0 unspecified atom stereocenters. The van der Waals surface area contributed by atoms with Gasteiger partial charge in [0.2, 0.25) is 11.8 Å². The fraction of sp³-hybridized carbons (Fsp3) is 0.545. The number of oxazole rings is 1. The van der Waals surface area contributed by atoms with Gasteiger partial charge in [-0.1, -0.05) is 32.9 Å². The summed E-state index contributed by atoms with van der Waals surface area (Å²) < 4.78 is 5.81. The smallest absolute Gasteiger partial charge is 0.226 e. The van der Waals surface area contributed by atoms with Crippen molar-refractivity contribution in [2.75, 3.05) is 20.6 Å². The molecular weight excluding hydrogens is 338 g/mol. The van der Waals surface area contributed by atoms with Crippen LogP contribution in [0.25, 0.3) is 11.5 Å². The first kappa shape index (κ1) is 21.2. The summed E-state index contributed by atoms with van der Waals surface area (Å²) in [6.45, 7) is 13.2. The molecule has 148 valence electrons. The third-order valence-corrected chi connectivity index (χ3v) is 5.15. The summed E-state index contributed by atoms with van der Waals surface area (Å²) in [4.78, 5) is 19.0. The normalized spacial score (nSPS) is 12.5. The van der Waals surface area contributed by atoms with Gasteiger partial charge in [0.15, 0.2) is 0 Å². The van der Waals surface area contributed by atoms with E-state index in [9.17, 15) is 4.79 Å². The van der Waals surface area contributed by atoms with Crippen molar-refractivity contribution in [3.05, 3.63) is 41.3 Å². The van der Waals surface area contributed by atoms with Gasteiger partial charge in [0, 0.05) is 17.6 Å². The van der Waals surface area contributed by atoms with E-state index in [1.165, 1.54) is 5.56 Å². The van der Waals surface area contributed by atoms with E-state index in [4.69, 9.17) is 4.42 Å². The van der Waals surface area contributed by atoms with E-state index in [2.05, 4.69) is 62.0 Å². The lowest BCUT2D eigenvalue weighted by atomic mass is 9.87. The van der Waals surface area contributed by atoms with Crippen LogP contribution in [-0.4, -0.2) is 42.0 Å². The van der Waals surface area contributed by atoms with Crippen LogP contribution in [0.1, 0.15) is 51.6 Å². The van der Waals surface area contributed by atoms with Gasteiger partial charge in [-0.15, -0.1) is 0 Å². The van der Waals surface area contributed by atoms with Crippen LogP contribution in [0.15, 0.2) is 28.7 Å². The van der Waals surface area contributed by atoms with E-state index in [0.29, 0.717) is 23.9 Å². The number of nitrogens with zero attached hydrogens (tertiary/aromatic N) is 2. The molecule has 0 saturated carbocycles. The number of aromatic nitrogens is 1. The Balaban J connectivity index is 2.07. The largest absolute Gasteiger partial charge is 0.441 e. The molecule has 0 aliphatic heterocycles. The average Bonchev–Trinajstić information content (AvgIpc) is 2.93. The molecule has 1 N–H and O–H groups in total. The van der Waals surface area contributed by atoms with Crippen LogP contribution in [0.2, 0.25) is 0 Å². The summed E-state index contributed by atoms with van der Waals surface area (Å²) in [5.74, 6) is 1.20. The number of hydrogen-bond donors (Lipinski definition) is 1. The second kappa shape index (κ2) is 7.85. The summed E-state index contributed by atoms with van der Waals surface area (Å²) in [6.07, 6.45) is 0.221. The van der Waals surface area contributed by atoms with E-state index < -0.39 is 0 Å². The molecule has 1 heterocycles. The Morgan fingerprint density at radius 3 is 2.22 bits per heavy atom. The molecule has 27 heavy (non-hydrogen) atoms. The average molecular weight is 372 g/mol. The van der Waals surface area contributed by atoms with Crippen molar-refractivity contribution in [3.63, 3.8) is 0 Å². The molecule has 0 radical (unpaired) electrons. The Morgan fingerprint density at radius 2 is 1.70 bits per heavy atom. The number of likely N-dealkylation sites (N-methyl/N-ethyl adjacent to an activating group) is 1. The second-order valence-electron chi connectivity index (χ2n) is 9.01. The lowest BCUT2D eigenvalue weighted by molar-refractivity contribution is -0.121. The van der Waals surface area contributed by atoms with Crippen LogP contribution in [0, 0.1) is 6.92 Å². The molecule has 2 aromatic rings. The first-order valence-electron chi connectivity index (χ1n) is 9.41. The molecule has 0 fully saturated rings. The number of hydrogen-bond acceptors (Lipinski definition) is 4. The zero-order valence-corrected chi connectivity index (χ0v) is 17.9. The molecule has 0 aliphatic carbocycles. The predicted octanol–water partition coefficient (Wildman–Crippen LogP) is 3.95. The minimum Gasteiger partial charge on any atom is -0.441 e. The van der Waals surface area contributed by atoms with E-state index in [1.807, 2.05) is 33.2 Å². The zero-order chi connectivity index (χ0) is 20.4. The number of rotatable bonds is 6. The van der Waals surface area contributed by atoms with Crippen molar-refractivity contribution >= 4 is 5.91 Å². The van der Waals surface area contributed by atoms with Crippen LogP contribution in [0.3, 0.4) is 0 Å². The number of carbonyl (C=O) groups excluding carboxylic acids is 1. The lowest BCUT2D eigenvalue weighted by Gasteiger charge is -2.32. The van der Waals surface area contributed by atoms with Crippen molar-refractivity contribution in [1.29, 1.82) is 0 Å². The molecule has 0 spiro atoms. The number of amides is 1. The highest BCUT2D eigenvalue weighted by molar-refractivity contribution is 5.78. The molecule has 5 nitrogen and oxygen atoms in total. The Labute approximate surface area is 163 Å². The van der Waals surface area contributed by atoms with Crippen LogP contribution < -0.4 is 5.32 Å². The van der Waals surface area contributed by atoms with E-state index in [-0.39, 0.29) is 23.3 Å². The van der Waals surface area contributed by atoms with Gasteiger partial charge in [-0.3, -0.25) is 4.79 Å². The maximum Gasteiger partial charge on any atom is 0.226 e. The molecule has 2 rings (SSSR count). The van der Waals surface area contributed by atoms with E-state index in [0.717, 1.165) is 5.56 Å². The third kappa shape index (κ3) is 5.42. The van der Waals surface area contributed by atoms with Gasteiger partial charge in [-0.25, -0.2) is 4.98 Å². The summed E-state index contributed by atoms with van der Waals surface area (Å²) in [6, 6.07) is 8.25. The van der Waals surface area contributed by atoms with E-state index in [1.54, 1.807) is 0 Å². The molecule has 1 amide bonds. The Hall–Kier alpha value is -2.14. The quantitative estimate of drug-likeness (QED) is 0.835. The van der Waals surface area contributed by atoms with E-state index >= 15 is 0 Å². The van der Waals surface area contributed by atoms with Gasteiger partial charge in [-0.2, -0.15) is 0 Å². The topological polar surface area (TPSA) is 58.4 Å². The predicted molar refractivity (Wildman–Crippen MR) is 110 cm³/mol. The van der Waals surface area contributed by atoms with Crippen LogP contribution in [-0.2, 0) is 16.6 Å². The number of benzene rings is 1. The summed E-state index contributed by atoms with van der Waals surface area (Å²) in [5, 5.41) is 2.99.